The Bertz CT molecular complexity index is 394. The molecule has 1 aromatic heterocycles. The molecule has 1 heterocycles. The van der Waals surface area contributed by atoms with E-state index in [1.165, 1.54) is 35.4 Å². The molecule has 0 bridgehead atoms. The van der Waals surface area contributed by atoms with Gasteiger partial charge < -0.3 is 5.11 Å². The van der Waals surface area contributed by atoms with E-state index in [2.05, 4.69) is 39.8 Å². The lowest BCUT2D eigenvalue weighted by atomic mass is 9.69. The predicted octanol–water partition coefficient (Wildman–Crippen LogP) is 5.20. The zero-order valence-electron chi connectivity index (χ0n) is 12.8. The van der Waals surface area contributed by atoms with Gasteiger partial charge in [0.2, 0.25) is 0 Å². The van der Waals surface area contributed by atoms with E-state index in [-0.39, 0.29) is 6.10 Å². The van der Waals surface area contributed by atoms with Gasteiger partial charge in [-0.2, -0.15) is 0 Å². The highest BCUT2D eigenvalue weighted by Crippen LogP contribution is 2.44. The molecular weight excluding hydrogens is 252 g/mol. The average Bonchev–Trinajstić information content (AvgIpc) is 2.86. The molecule has 0 radical (unpaired) electrons. The van der Waals surface area contributed by atoms with Crippen molar-refractivity contribution in [1.29, 1.82) is 0 Å². The molecule has 19 heavy (non-hydrogen) atoms. The van der Waals surface area contributed by atoms with E-state index in [1.807, 2.05) is 0 Å². The second-order valence-electron chi connectivity index (χ2n) is 7.08. The van der Waals surface area contributed by atoms with Gasteiger partial charge in [-0.25, -0.2) is 0 Å². The van der Waals surface area contributed by atoms with Gasteiger partial charge in [0.1, 0.15) is 0 Å². The summed E-state index contributed by atoms with van der Waals surface area (Å²) in [6.07, 6.45) is 5.76. The molecule has 1 nitrogen and oxygen atoms in total. The molecule has 0 aromatic carbocycles. The van der Waals surface area contributed by atoms with Crippen LogP contribution in [0, 0.1) is 17.3 Å². The fraction of sp³-hybridized carbons (Fsp3) is 0.765. The van der Waals surface area contributed by atoms with Gasteiger partial charge in [-0.15, -0.1) is 11.3 Å². The third-order valence-corrected chi connectivity index (χ3v) is 6.07. The maximum absolute atomic E-state index is 10.6. The number of hydrogen-bond acceptors (Lipinski definition) is 2. The fourth-order valence-electron chi connectivity index (χ4n) is 3.28. The summed E-state index contributed by atoms with van der Waals surface area (Å²) >= 11 is 1.79. The molecule has 1 saturated carbocycles. The first-order valence-corrected chi connectivity index (χ1v) is 8.50. The van der Waals surface area contributed by atoms with E-state index in [0.29, 0.717) is 11.3 Å². The predicted molar refractivity (Wildman–Crippen MR) is 83.6 cm³/mol. The second-order valence-corrected chi connectivity index (χ2v) is 8.28. The van der Waals surface area contributed by atoms with E-state index in [4.69, 9.17) is 0 Å². The first-order valence-electron chi connectivity index (χ1n) is 7.68. The van der Waals surface area contributed by atoms with Crippen LogP contribution in [0.2, 0.25) is 0 Å². The average molecular weight is 280 g/mol. The molecular formula is C17H28OS. The molecule has 108 valence electrons. The smallest absolute Gasteiger partial charge is 0.0910 e. The minimum atomic E-state index is -0.230. The Morgan fingerprint density at radius 1 is 1.21 bits per heavy atom. The summed E-state index contributed by atoms with van der Waals surface area (Å²) < 4.78 is 0. The monoisotopic (exact) mass is 280 g/mol. The molecule has 0 amide bonds. The molecule has 1 aromatic rings. The molecule has 1 fully saturated rings. The molecule has 1 unspecified atom stereocenters. The fourth-order valence-corrected chi connectivity index (χ4v) is 4.31. The lowest BCUT2D eigenvalue weighted by Crippen LogP contribution is -2.27. The maximum Gasteiger partial charge on any atom is 0.0910 e. The number of rotatable bonds is 3. The van der Waals surface area contributed by atoms with Crippen LogP contribution in [0.1, 0.15) is 69.2 Å². The van der Waals surface area contributed by atoms with Gasteiger partial charge >= 0.3 is 0 Å². The largest absolute Gasteiger partial charge is 0.387 e. The van der Waals surface area contributed by atoms with Crippen molar-refractivity contribution >= 4 is 11.3 Å². The van der Waals surface area contributed by atoms with Gasteiger partial charge in [0.05, 0.1) is 6.10 Å². The van der Waals surface area contributed by atoms with E-state index in [0.717, 1.165) is 12.3 Å². The Morgan fingerprint density at radius 3 is 2.32 bits per heavy atom. The summed E-state index contributed by atoms with van der Waals surface area (Å²) in [4.78, 5) is 2.56. The Morgan fingerprint density at radius 2 is 1.84 bits per heavy atom. The summed E-state index contributed by atoms with van der Waals surface area (Å²) in [5.74, 6) is 1.30. The topological polar surface area (TPSA) is 20.2 Å². The van der Waals surface area contributed by atoms with Crippen LogP contribution in [0.4, 0.5) is 0 Å². The molecule has 1 aliphatic rings. The molecule has 0 spiro atoms. The van der Waals surface area contributed by atoms with Crippen LogP contribution in [0.25, 0.3) is 0 Å². The van der Waals surface area contributed by atoms with Crippen LogP contribution in [0.5, 0.6) is 0 Å². The van der Waals surface area contributed by atoms with Crippen molar-refractivity contribution in [3.05, 3.63) is 21.9 Å². The molecule has 2 heteroatoms. The Labute approximate surface area is 122 Å². The van der Waals surface area contributed by atoms with Gasteiger partial charge in [-0.05, 0) is 61.5 Å². The first-order chi connectivity index (χ1) is 8.91. The Hall–Kier alpha value is -0.340. The van der Waals surface area contributed by atoms with Crippen molar-refractivity contribution in [2.75, 3.05) is 0 Å². The summed E-state index contributed by atoms with van der Waals surface area (Å²) in [6.45, 7) is 9.22. The minimum Gasteiger partial charge on any atom is -0.387 e. The van der Waals surface area contributed by atoms with Gasteiger partial charge in [0, 0.05) is 9.75 Å². The molecule has 1 aliphatic carbocycles. The molecule has 1 atom stereocenters. The third kappa shape index (κ3) is 3.61. The lowest BCUT2D eigenvalue weighted by Gasteiger charge is -2.38. The number of thiophene rings is 1. The maximum atomic E-state index is 10.6. The third-order valence-electron chi connectivity index (χ3n) is 4.77. The highest BCUT2D eigenvalue weighted by molar-refractivity contribution is 7.12. The zero-order valence-corrected chi connectivity index (χ0v) is 13.6. The van der Waals surface area contributed by atoms with Crippen molar-refractivity contribution < 1.29 is 5.11 Å². The van der Waals surface area contributed by atoms with Gasteiger partial charge in [0.25, 0.3) is 0 Å². The minimum absolute atomic E-state index is 0.230. The van der Waals surface area contributed by atoms with Crippen LogP contribution in [-0.4, -0.2) is 5.11 Å². The zero-order chi connectivity index (χ0) is 14.0. The van der Waals surface area contributed by atoms with Gasteiger partial charge in [-0.1, -0.05) is 27.7 Å². The van der Waals surface area contributed by atoms with Gasteiger partial charge in [0.15, 0.2) is 0 Å². The number of aliphatic hydroxyl groups is 1. The van der Waals surface area contributed by atoms with Crippen LogP contribution in [0.15, 0.2) is 12.1 Å². The number of hydrogen-bond donors (Lipinski definition) is 1. The van der Waals surface area contributed by atoms with E-state index in [9.17, 15) is 5.11 Å². The van der Waals surface area contributed by atoms with Crippen molar-refractivity contribution in [2.45, 2.75) is 65.9 Å². The SMILES string of the molecule is CCc1ccc(C(O)C2CCC(C(C)(C)C)CC2)s1. The summed E-state index contributed by atoms with van der Waals surface area (Å²) in [7, 11) is 0. The Kier molecular flexibility index (Phi) is 4.73. The highest BCUT2D eigenvalue weighted by atomic mass is 32.1. The summed E-state index contributed by atoms with van der Waals surface area (Å²) in [6, 6.07) is 4.30. The Balaban J connectivity index is 1.94. The molecule has 1 N–H and O–H groups in total. The molecule has 0 saturated heterocycles. The van der Waals surface area contributed by atoms with Crippen LogP contribution >= 0.6 is 11.3 Å². The van der Waals surface area contributed by atoms with E-state index in [1.54, 1.807) is 11.3 Å². The van der Waals surface area contributed by atoms with E-state index < -0.39 is 0 Å². The van der Waals surface area contributed by atoms with Crippen LogP contribution < -0.4 is 0 Å². The highest BCUT2D eigenvalue weighted by Gasteiger charge is 2.33. The summed E-state index contributed by atoms with van der Waals surface area (Å²) in [5, 5.41) is 10.6. The molecule has 2 rings (SSSR count). The van der Waals surface area contributed by atoms with Crippen molar-refractivity contribution in [1.82, 2.24) is 0 Å². The second kappa shape index (κ2) is 5.97. The van der Waals surface area contributed by atoms with E-state index >= 15 is 0 Å². The van der Waals surface area contributed by atoms with Crippen LogP contribution in [0.3, 0.4) is 0 Å². The van der Waals surface area contributed by atoms with Gasteiger partial charge in [-0.3, -0.25) is 0 Å². The van der Waals surface area contributed by atoms with Crippen molar-refractivity contribution in [2.24, 2.45) is 17.3 Å². The molecule has 0 aliphatic heterocycles. The number of aryl methyl sites for hydroxylation is 1. The summed E-state index contributed by atoms with van der Waals surface area (Å²) in [5.41, 5.74) is 0.425. The standard InChI is InChI=1S/C17H28OS/c1-5-14-10-11-15(19-14)16(18)12-6-8-13(9-7-12)17(2,3)4/h10-13,16,18H,5-9H2,1-4H3. The number of aliphatic hydroxyl groups excluding tert-OH is 1. The van der Waals surface area contributed by atoms with Crippen molar-refractivity contribution in [3.63, 3.8) is 0 Å². The quantitative estimate of drug-likeness (QED) is 0.807. The first kappa shape index (κ1) is 15.1. The lowest BCUT2D eigenvalue weighted by molar-refractivity contribution is 0.0550. The normalized spacial score (nSPS) is 26.4. The van der Waals surface area contributed by atoms with Crippen molar-refractivity contribution in [3.8, 4) is 0 Å². The van der Waals surface area contributed by atoms with Crippen LogP contribution in [-0.2, 0) is 6.42 Å².